The van der Waals surface area contributed by atoms with E-state index in [-0.39, 0.29) is 48.6 Å². The molecule has 0 saturated carbocycles. The highest BCUT2D eigenvalue weighted by Crippen LogP contribution is 2.37. The number of nitrogens with one attached hydrogen (secondary N) is 2. The molecule has 2 N–H and O–H groups in total. The van der Waals surface area contributed by atoms with Crippen LogP contribution in [0.25, 0.3) is 0 Å². The van der Waals surface area contributed by atoms with Crippen LogP contribution in [0, 0.1) is 5.82 Å². The van der Waals surface area contributed by atoms with Crippen LogP contribution in [-0.4, -0.2) is 62.8 Å². The molecule has 2 fully saturated rings. The van der Waals surface area contributed by atoms with Gasteiger partial charge in [-0.2, -0.15) is 5.10 Å². The van der Waals surface area contributed by atoms with Crippen molar-refractivity contribution in [3.05, 3.63) is 52.6 Å². The van der Waals surface area contributed by atoms with Crippen LogP contribution in [0.5, 0.6) is 0 Å². The molecular formula is C22H22FN5O4. The van der Waals surface area contributed by atoms with Crippen LogP contribution in [-0.2, 0) is 16.1 Å². The summed E-state index contributed by atoms with van der Waals surface area (Å²) in [6.07, 6.45) is 3.24. The van der Waals surface area contributed by atoms with Crippen molar-refractivity contribution in [1.82, 2.24) is 25.3 Å². The zero-order valence-electron chi connectivity index (χ0n) is 17.3. The summed E-state index contributed by atoms with van der Waals surface area (Å²) < 4.78 is 14.5. The minimum Gasteiger partial charge on any atom is -0.337 e. The van der Waals surface area contributed by atoms with E-state index in [0.29, 0.717) is 31.6 Å². The number of carbonyl (C=O) groups excluding carboxylic acids is 4. The number of aromatic nitrogens is 2. The van der Waals surface area contributed by atoms with E-state index in [0.717, 1.165) is 11.1 Å². The first-order valence-electron chi connectivity index (χ1n) is 10.7. The van der Waals surface area contributed by atoms with Gasteiger partial charge in [0.2, 0.25) is 11.8 Å². The zero-order chi connectivity index (χ0) is 22.4. The minimum absolute atomic E-state index is 0.000206. The molecular weight excluding hydrogens is 417 g/mol. The summed E-state index contributed by atoms with van der Waals surface area (Å²) in [6, 6.07) is 3.58. The Labute approximate surface area is 182 Å². The Kier molecular flexibility index (Phi) is 4.99. The van der Waals surface area contributed by atoms with Crippen molar-refractivity contribution < 1.29 is 23.6 Å². The van der Waals surface area contributed by atoms with Crippen LogP contribution in [0.1, 0.15) is 63.6 Å². The highest BCUT2D eigenvalue weighted by atomic mass is 19.1. The topological polar surface area (TPSA) is 115 Å². The average Bonchev–Trinajstić information content (AvgIpc) is 3.42. The third-order valence-corrected chi connectivity index (χ3v) is 6.61. The lowest BCUT2D eigenvalue weighted by molar-refractivity contribution is -0.136. The predicted octanol–water partition coefficient (Wildman–Crippen LogP) is 1.33. The summed E-state index contributed by atoms with van der Waals surface area (Å²) in [6.45, 7) is 1.24. The molecule has 3 aliphatic heterocycles. The SMILES string of the molecule is O=C1CCC(N2Cc3c(cc(F)cc3C3CCN(C(=O)c4ccn[nH]4)CC3)C2=O)C(=O)N1. The molecule has 0 bridgehead atoms. The standard InChI is InChI=1S/C22H22FN5O4/c23-13-9-14(12-4-7-27(8-5-12)22(32)17-3-6-24-26-17)16-11-28(21(31)15(16)10-13)18-1-2-19(29)25-20(18)30/h3,6,9-10,12,18H,1-2,4-5,7-8,11H2,(H,24,26)(H,25,29,30). The first-order chi connectivity index (χ1) is 15.4. The Morgan fingerprint density at radius 1 is 1.12 bits per heavy atom. The molecule has 166 valence electrons. The number of imide groups is 1. The van der Waals surface area contributed by atoms with E-state index in [2.05, 4.69) is 15.5 Å². The van der Waals surface area contributed by atoms with Gasteiger partial charge < -0.3 is 9.80 Å². The Bertz CT molecular complexity index is 1110. The van der Waals surface area contributed by atoms with Crippen molar-refractivity contribution in [2.24, 2.45) is 0 Å². The molecule has 0 spiro atoms. The number of amides is 4. The smallest absolute Gasteiger partial charge is 0.271 e. The molecule has 1 aromatic carbocycles. The maximum absolute atomic E-state index is 14.5. The van der Waals surface area contributed by atoms with E-state index >= 15 is 0 Å². The molecule has 1 aromatic heterocycles. The molecule has 0 aliphatic carbocycles. The van der Waals surface area contributed by atoms with E-state index < -0.39 is 17.8 Å². The van der Waals surface area contributed by atoms with Crippen molar-refractivity contribution in [3.63, 3.8) is 0 Å². The van der Waals surface area contributed by atoms with Crippen LogP contribution in [0.4, 0.5) is 4.39 Å². The lowest BCUT2D eigenvalue weighted by Crippen LogP contribution is -2.52. The van der Waals surface area contributed by atoms with Gasteiger partial charge in [-0.1, -0.05) is 0 Å². The number of hydrogen-bond donors (Lipinski definition) is 2. The van der Waals surface area contributed by atoms with Gasteiger partial charge >= 0.3 is 0 Å². The summed E-state index contributed by atoms with van der Waals surface area (Å²) >= 11 is 0. The number of carbonyl (C=O) groups is 4. The third-order valence-electron chi connectivity index (χ3n) is 6.61. The van der Waals surface area contributed by atoms with Gasteiger partial charge in [-0.3, -0.25) is 29.6 Å². The fraction of sp³-hybridized carbons (Fsp3) is 0.409. The van der Waals surface area contributed by atoms with Crippen molar-refractivity contribution in [1.29, 1.82) is 0 Å². The zero-order valence-corrected chi connectivity index (χ0v) is 17.3. The number of piperidine rings is 2. The van der Waals surface area contributed by atoms with Crippen LogP contribution in [0.15, 0.2) is 24.4 Å². The van der Waals surface area contributed by atoms with E-state index in [9.17, 15) is 23.6 Å². The number of aromatic amines is 1. The number of rotatable bonds is 3. The lowest BCUT2D eigenvalue weighted by atomic mass is 9.85. The van der Waals surface area contributed by atoms with Gasteiger partial charge in [0.25, 0.3) is 11.8 Å². The van der Waals surface area contributed by atoms with Gasteiger partial charge in [0.1, 0.15) is 17.6 Å². The number of nitrogens with zero attached hydrogens (tertiary/aromatic N) is 3. The van der Waals surface area contributed by atoms with Crippen molar-refractivity contribution in [3.8, 4) is 0 Å². The van der Waals surface area contributed by atoms with E-state index in [1.54, 1.807) is 11.0 Å². The summed E-state index contributed by atoms with van der Waals surface area (Å²) in [7, 11) is 0. The van der Waals surface area contributed by atoms with Crippen LogP contribution in [0.3, 0.4) is 0 Å². The quantitative estimate of drug-likeness (QED) is 0.700. The van der Waals surface area contributed by atoms with Crippen molar-refractivity contribution >= 4 is 23.6 Å². The first-order valence-corrected chi connectivity index (χ1v) is 10.7. The van der Waals surface area contributed by atoms with Crippen molar-refractivity contribution in [2.75, 3.05) is 13.1 Å². The Morgan fingerprint density at radius 2 is 1.91 bits per heavy atom. The maximum atomic E-state index is 14.5. The Balaban J connectivity index is 1.35. The van der Waals surface area contributed by atoms with Crippen LogP contribution < -0.4 is 5.32 Å². The molecule has 3 aliphatic rings. The highest BCUT2D eigenvalue weighted by Gasteiger charge is 2.41. The van der Waals surface area contributed by atoms with Gasteiger partial charge in [-0.25, -0.2) is 4.39 Å². The highest BCUT2D eigenvalue weighted by molar-refractivity contribution is 6.05. The van der Waals surface area contributed by atoms with Gasteiger partial charge in [0, 0.05) is 37.8 Å². The number of likely N-dealkylation sites (tertiary alicyclic amines) is 1. The second kappa shape index (κ2) is 7.85. The summed E-state index contributed by atoms with van der Waals surface area (Å²) in [5.74, 6) is -1.84. The van der Waals surface area contributed by atoms with Crippen LogP contribution >= 0.6 is 0 Å². The number of hydrogen-bond acceptors (Lipinski definition) is 5. The van der Waals surface area contributed by atoms with Gasteiger partial charge in [0.15, 0.2) is 0 Å². The molecule has 0 radical (unpaired) electrons. The summed E-state index contributed by atoms with van der Waals surface area (Å²) in [4.78, 5) is 52.5. The van der Waals surface area contributed by atoms with Gasteiger partial charge in [-0.05, 0) is 54.5 Å². The van der Waals surface area contributed by atoms with Gasteiger partial charge in [-0.15, -0.1) is 0 Å². The molecule has 9 nitrogen and oxygen atoms in total. The third kappa shape index (κ3) is 3.45. The number of halogens is 1. The lowest BCUT2D eigenvalue weighted by Gasteiger charge is -2.33. The molecule has 5 rings (SSSR count). The largest absolute Gasteiger partial charge is 0.337 e. The fourth-order valence-electron chi connectivity index (χ4n) is 4.96. The van der Waals surface area contributed by atoms with E-state index in [4.69, 9.17) is 0 Å². The maximum Gasteiger partial charge on any atom is 0.271 e. The minimum atomic E-state index is -0.739. The Morgan fingerprint density at radius 3 is 2.59 bits per heavy atom. The average molecular weight is 439 g/mol. The van der Waals surface area contributed by atoms with Gasteiger partial charge in [0.05, 0.1) is 0 Å². The molecule has 10 heteroatoms. The van der Waals surface area contributed by atoms with Crippen molar-refractivity contribution in [2.45, 2.75) is 44.2 Å². The second-order valence-corrected chi connectivity index (χ2v) is 8.46. The van der Waals surface area contributed by atoms with E-state index in [1.807, 2.05) is 0 Å². The molecule has 4 amide bonds. The molecule has 32 heavy (non-hydrogen) atoms. The number of benzene rings is 1. The molecule has 2 aromatic rings. The predicted molar refractivity (Wildman–Crippen MR) is 109 cm³/mol. The normalized spacial score (nSPS) is 21.7. The fourth-order valence-corrected chi connectivity index (χ4v) is 4.96. The Hall–Kier alpha value is -3.56. The van der Waals surface area contributed by atoms with E-state index in [1.165, 1.54) is 23.2 Å². The van der Waals surface area contributed by atoms with Crippen LogP contribution in [0.2, 0.25) is 0 Å². The second-order valence-electron chi connectivity index (χ2n) is 8.46. The number of H-pyrrole nitrogens is 1. The number of fused-ring (bicyclic) bond motifs is 1. The monoisotopic (exact) mass is 439 g/mol. The molecule has 1 atom stereocenters. The molecule has 2 saturated heterocycles. The summed E-state index contributed by atoms with van der Waals surface area (Å²) in [5.41, 5.74) is 2.21. The molecule has 1 unspecified atom stereocenters. The first kappa shape index (κ1) is 20.3. The molecule has 4 heterocycles. The summed E-state index contributed by atoms with van der Waals surface area (Å²) in [5, 5.41) is 8.77.